The van der Waals surface area contributed by atoms with Gasteiger partial charge < -0.3 is 24.3 Å². The number of pyridine rings is 1. The van der Waals surface area contributed by atoms with E-state index in [1.807, 2.05) is 50.2 Å². The molecular weight excluding hydrogens is 370 g/mol. The Balaban J connectivity index is 1.76. The van der Waals surface area contributed by atoms with Gasteiger partial charge in [0, 0.05) is 31.7 Å². The number of benzene rings is 1. The number of nitrogens with zero attached hydrogens (tertiary/aromatic N) is 2. The van der Waals surface area contributed by atoms with Crippen LogP contribution in [-0.2, 0) is 6.54 Å². The third kappa shape index (κ3) is 4.98. The van der Waals surface area contributed by atoms with E-state index in [0.717, 1.165) is 12.0 Å². The van der Waals surface area contributed by atoms with Gasteiger partial charge in [-0.2, -0.15) is 0 Å². The SMILES string of the molecule is Cc1ccn(C(C)CN(C)C)c(=O)c1C(=O)NCc1ccc2c(c1)OCCCO2. The molecule has 7 nitrogen and oxygen atoms in total. The number of rotatable bonds is 6. The highest BCUT2D eigenvalue weighted by Gasteiger charge is 2.18. The van der Waals surface area contributed by atoms with Crippen molar-refractivity contribution in [2.75, 3.05) is 33.9 Å². The van der Waals surface area contributed by atoms with Crippen molar-refractivity contribution in [1.82, 2.24) is 14.8 Å². The molecule has 7 heteroatoms. The molecule has 1 aliphatic rings. The second-order valence-electron chi connectivity index (χ2n) is 7.71. The van der Waals surface area contributed by atoms with Crippen LogP contribution in [0.4, 0.5) is 0 Å². The molecule has 1 unspecified atom stereocenters. The first-order valence-corrected chi connectivity index (χ1v) is 9.90. The number of hydrogen-bond acceptors (Lipinski definition) is 5. The molecular formula is C22H29N3O4. The summed E-state index contributed by atoms with van der Waals surface area (Å²) in [7, 11) is 3.91. The normalized spacial score (nSPS) is 14.4. The van der Waals surface area contributed by atoms with Gasteiger partial charge in [-0.15, -0.1) is 0 Å². The number of aryl methyl sites for hydroxylation is 1. The van der Waals surface area contributed by atoms with E-state index in [2.05, 4.69) is 5.32 Å². The maximum atomic E-state index is 12.9. The fraction of sp³-hybridized carbons (Fsp3) is 0.455. The van der Waals surface area contributed by atoms with E-state index < -0.39 is 0 Å². The number of nitrogens with one attached hydrogen (secondary N) is 1. The van der Waals surface area contributed by atoms with Gasteiger partial charge in [-0.3, -0.25) is 9.59 Å². The van der Waals surface area contributed by atoms with E-state index in [1.165, 1.54) is 0 Å². The van der Waals surface area contributed by atoms with Crippen LogP contribution in [0, 0.1) is 6.92 Å². The fourth-order valence-electron chi connectivity index (χ4n) is 3.47. The predicted molar refractivity (Wildman–Crippen MR) is 112 cm³/mol. The lowest BCUT2D eigenvalue weighted by Gasteiger charge is -2.20. The van der Waals surface area contributed by atoms with Crippen LogP contribution in [0.2, 0.25) is 0 Å². The summed E-state index contributed by atoms with van der Waals surface area (Å²) in [5, 5.41) is 2.87. The summed E-state index contributed by atoms with van der Waals surface area (Å²) in [5.74, 6) is 1.03. The molecule has 0 saturated heterocycles. The third-order valence-corrected chi connectivity index (χ3v) is 4.92. The summed E-state index contributed by atoms with van der Waals surface area (Å²) in [6.07, 6.45) is 2.60. The molecule has 1 amide bonds. The molecule has 3 rings (SSSR count). The molecule has 1 aromatic carbocycles. The summed E-state index contributed by atoms with van der Waals surface area (Å²) in [5.41, 5.74) is 1.47. The minimum absolute atomic E-state index is 0.0358. The van der Waals surface area contributed by atoms with E-state index >= 15 is 0 Å². The number of fused-ring (bicyclic) bond motifs is 1. The van der Waals surface area contributed by atoms with Gasteiger partial charge >= 0.3 is 0 Å². The molecule has 29 heavy (non-hydrogen) atoms. The van der Waals surface area contributed by atoms with Crippen molar-refractivity contribution in [3.05, 3.63) is 57.5 Å². The number of amides is 1. The van der Waals surface area contributed by atoms with Crippen LogP contribution in [-0.4, -0.2) is 49.2 Å². The molecule has 0 saturated carbocycles. The Hall–Kier alpha value is -2.80. The standard InChI is InChI=1S/C22H29N3O4/c1-15-8-9-25(16(2)14-24(3)4)22(27)20(15)21(26)23-13-17-6-7-18-19(12-17)29-11-5-10-28-18/h6-9,12,16H,5,10-11,13-14H2,1-4H3,(H,23,26). The molecule has 156 valence electrons. The molecule has 0 fully saturated rings. The lowest BCUT2D eigenvalue weighted by atomic mass is 10.1. The van der Waals surface area contributed by atoms with Gasteiger partial charge in [0.1, 0.15) is 5.56 Å². The number of ether oxygens (including phenoxy) is 2. The molecule has 1 N–H and O–H groups in total. The van der Waals surface area contributed by atoms with E-state index in [4.69, 9.17) is 9.47 Å². The Morgan fingerprint density at radius 3 is 2.66 bits per heavy atom. The first-order valence-electron chi connectivity index (χ1n) is 9.90. The number of hydrogen-bond donors (Lipinski definition) is 1. The van der Waals surface area contributed by atoms with Crippen LogP contribution in [0.15, 0.2) is 35.3 Å². The molecule has 0 bridgehead atoms. The van der Waals surface area contributed by atoms with Crippen LogP contribution in [0.3, 0.4) is 0 Å². The smallest absolute Gasteiger partial charge is 0.263 e. The molecule has 0 spiro atoms. The second-order valence-corrected chi connectivity index (χ2v) is 7.71. The van der Waals surface area contributed by atoms with Crippen molar-refractivity contribution in [2.45, 2.75) is 32.9 Å². The van der Waals surface area contributed by atoms with Crippen molar-refractivity contribution in [1.29, 1.82) is 0 Å². The van der Waals surface area contributed by atoms with Crippen molar-refractivity contribution >= 4 is 5.91 Å². The second kappa shape index (κ2) is 9.13. The average Bonchev–Trinajstić information content (AvgIpc) is 2.90. The zero-order valence-electron chi connectivity index (χ0n) is 17.5. The first kappa shape index (κ1) is 20.9. The van der Waals surface area contributed by atoms with Crippen molar-refractivity contribution in [3.8, 4) is 11.5 Å². The zero-order valence-corrected chi connectivity index (χ0v) is 17.5. The fourth-order valence-corrected chi connectivity index (χ4v) is 3.47. The number of carbonyl (C=O) groups is 1. The van der Waals surface area contributed by atoms with Gasteiger partial charge in [0.05, 0.1) is 13.2 Å². The van der Waals surface area contributed by atoms with Gasteiger partial charge in [-0.1, -0.05) is 6.07 Å². The minimum Gasteiger partial charge on any atom is -0.490 e. The lowest BCUT2D eigenvalue weighted by Crippen LogP contribution is -2.36. The summed E-state index contributed by atoms with van der Waals surface area (Å²) >= 11 is 0. The van der Waals surface area contributed by atoms with E-state index in [-0.39, 0.29) is 23.1 Å². The topological polar surface area (TPSA) is 72.8 Å². The minimum atomic E-state index is -0.369. The van der Waals surface area contributed by atoms with Crippen LogP contribution in [0.5, 0.6) is 11.5 Å². The van der Waals surface area contributed by atoms with Crippen molar-refractivity contribution in [2.24, 2.45) is 0 Å². The van der Waals surface area contributed by atoms with Gasteiger partial charge in [0.2, 0.25) is 0 Å². The van der Waals surface area contributed by atoms with Crippen LogP contribution in [0.25, 0.3) is 0 Å². The highest BCUT2D eigenvalue weighted by atomic mass is 16.5. The third-order valence-electron chi connectivity index (χ3n) is 4.92. The van der Waals surface area contributed by atoms with Gasteiger partial charge in [-0.25, -0.2) is 0 Å². The van der Waals surface area contributed by atoms with Crippen LogP contribution in [0.1, 0.15) is 40.9 Å². The molecule has 2 aromatic rings. The Labute approximate surface area is 171 Å². The summed E-state index contributed by atoms with van der Waals surface area (Å²) in [6.45, 7) is 6.00. The van der Waals surface area contributed by atoms with Crippen LogP contribution < -0.4 is 20.3 Å². The maximum Gasteiger partial charge on any atom is 0.263 e. The summed E-state index contributed by atoms with van der Waals surface area (Å²) in [4.78, 5) is 27.8. The quantitative estimate of drug-likeness (QED) is 0.807. The largest absolute Gasteiger partial charge is 0.490 e. The van der Waals surface area contributed by atoms with E-state index in [1.54, 1.807) is 17.7 Å². The Kier molecular flexibility index (Phi) is 6.59. The first-order chi connectivity index (χ1) is 13.9. The highest BCUT2D eigenvalue weighted by molar-refractivity contribution is 5.95. The number of aromatic nitrogens is 1. The molecule has 1 aliphatic heterocycles. The monoisotopic (exact) mass is 399 g/mol. The Morgan fingerprint density at radius 2 is 1.93 bits per heavy atom. The molecule has 0 aliphatic carbocycles. The number of likely N-dealkylation sites (N-methyl/N-ethyl adjacent to an activating group) is 1. The average molecular weight is 399 g/mol. The molecule has 1 aromatic heterocycles. The molecule has 0 radical (unpaired) electrons. The van der Waals surface area contributed by atoms with Gasteiger partial charge in [0.25, 0.3) is 11.5 Å². The molecule has 2 heterocycles. The summed E-state index contributed by atoms with van der Waals surface area (Å²) < 4.78 is 13.0. The van der Waals surface area contributed by atoms with E-state index in [0.29, 0.717) is 43.4 Å². The van der Waals surface area contributed by atoms with Gasteiger partial charge in [-0.05, 0) is 57.3 Å². The van der Waals surface area contributed by atoms with E-state index in [9.17, 15) is 9.59 Å². The Bertz CT molecular complexity index is 936. The number of carbonyl (C=O) groups excluding carboxylic acids is 1. The predicted octanol–water partition coefficient (Wildman–Crippen LogP) is 2.37. The summed E-state index contributed by atoms with van der Waals surface area (Å²) in [6, 6.07) is 7.40. The zero-order chi connectivity index (χ0) is 21.0. The van der Waals surface area contributed by atoms with Crippen molar-refractivity contribution < 1.29 is 14.3 Å². The van der Waals surface area contributed by atoms with Gasteiger partial charge in [0.15, 0.2) is 11.5 Å². The highest BCUT2D eigenvalue weighted by Crippen LogP contribution is 2.30. The lowest BCUT2D eigenvalue weighted by molar-refractivity contribution is 0.0948. The van der Waals surface area contributed by atoms with Crippen molar-refractivity contribution in [3.63, 3.8) is 0 Å². The molecule has 1 atom stereocenters. The maximum absolute atomic E-state index is 12.9. The Morgan fingerprint density at radius 1 is 1.21 bits per heavy atom. The van der Waals surface area contributed by atoms with Crippen LogP contribution >= 0.6 is 0 Å².